The van der Waals surface area contributed by atoms with E-state index >= 15 is 0 Å². The minimum atomic E-state index is -1.42. The van der Waals surface area contributed by atoms with Gasteiger partial charge >= 0.3 is 11.7 Å². The van der Waals surface area contributed by atoms with Gasteiger partial charge in [-0.3, -0.25) is 13.9 Å². The van der Waals surface area contributed by atoms with Crippen molar-refractivity contribution in [3.8, 4) is 5.88 Å². The van der Waals surface area contributed by atoms with Crippen LogP contribution >= 0.6 is 0 Å². The summed E-state index contributed by atoms with van der Waals surface area (Å²) < 4.78 is 7.69. The SMILES string of the molecule is Cn1c2c(c(=O)n(C)c1=O)C(c1ccccc1)(c1ccccc1)C(=O)O2. The van der Waals surface area contributed by atoms with Crippen LogP contribution in [0.1, 0.15) is 16.7 Å². The number of nitrogens with zero attached hydrogens (tertiary/aromatic N) is 2. The molecule has 0 spiro atoms. The second-order valence-corrected chi connectivity index (χ2v) is 6.26. The summed E-state index contributed by atoms with van der Waals surface area (Å²) in [5, 5.41) is 0. The Bertz CT molecular complexity index is 1090. The lowest BCUT2D eigenvalue weighted by atomic mass is 9.71. The average Bonchev–Trinajstić information content (AvgIpc) is 3.00. The molecule has 0 bridgehead atoms. The maximum absolute atomic E-state index is 13.2. The lowest BCUT2D eigenvalue weighted by Gasteiger charge is -2.26. The Balaban J connectivity index is 2.23. The summed E-state index contributed by atoms with van der Waals surface area (Å²) in [6.07, 6.45) is 0. The van der Waals surface area contributed by atoms with Crippen molar-refractivity contribution in [1.29, 1.82) is 0 Å². The fourth-order valence-electron chi connectivity index (χ4n) is 3.60. The van der Waals surface area contributed by atoms with Gasteiger partial charge in [0.05, 0.1) is 0 Å². The van der Waals surface area contributed by atoms with Gasteiger partial charge in [-0.05, 0) is 11.1 Å². The number of hydrogen-bond acceptors (Lipinski definition) is 4. The normalized spacial score (nSPS) is 14.8. The van der Waals surface area contributed by atoms with Gasteiger partial charge in [-0.2, -0.15) is 0 Å². The van der Waals surface area contributed by atoms with E-state index in [1.54, 1.807) is 48.5 Å². The predicted octanol–water partition coefficient (Wildman–Crippen LogP) is 1.34. The van der Waals surface area contributed by atoms with E-state index in [-0.39, 0.29) is 11.4 Å². The molecule has 6 heteroatoms. The summed E-state index contributed by atoms with van der Waals surface area (Å²) in [7, 11) is 2.88. The average molecular weight is 348 g/mol. The standard InChI is InChI=1S/C20H16N2O4/c1-21-16(23)15-17(22(2)19(21)25)26-18(24)20(15,13-9-5-3-6-10-13)14-11-7-4-8-12-14/h3-12H,1-2H3. The number of aromatic nitrogens is 2. The van der Waals surface area contributed by atoms with Crippen molar-refractivity contribution < 1.29 is 9.53 Å². The summed E-state index contributed by atoms with van der Waals surface area (Å²) in [6.45, 7) is 0. The van der Waals surface area contributed by atoms with E-state index in [1.807, 2.05) is 12.1 Å². The number of carbonyl (C=O) groups excluding carboxylic acids is 1. The van der Waals surface area contributed by atoms with Crippen molar-refractivity contribution in [2.24, 2.45) is 14.1 Å². The first kappa shape index (κ1) is 16.1. The monoisotopic (exact) mass is 348 g/mol. The van der Waals surface area contributed by atoms with E-state index in [9.17, 15) is 14.4 Å². The van der Waals surface area contributed by atoms with E-state index < -0.39 is 22.6 Å². The summed E-state index contributed by atoms with van der Waals surface area (Å²) in [5.41, 5.74) is -1.11. The molecule has 0 saturated carbocycles. The predicted molar refractivity (Wildman–Crippen MR) is 95.3 cm³/mol. The van der Waals surface area contributed by atoms with Gasteiger partial charge in [0.2, 0.25) is 5.88 Å². The van der Waals surface area contributed by atoms with Crippen molar-refractivity contribution in [2.75, 3.05) is 0 Å². The van der Waals surface area contributed by atoms with E-state index in [2.05, 4.69) is 0 Å². The van der Waals surface area contributed by atoms with Crippen LogP contribution in [0.15, 0.2) is 70.3 Å². The molecule has 3 aromatic rings. The van der Waals surface area contributed by atoms with Crippen molar-refractivity contribution >= 4 is 5.97 Å². The third kappa shape index (κ3) is 1.89. The van der Waals surface area contributed by atoms with Crippen LogP contribution < -0.4 is 16.0 Å². The van der Waals surface area contributed by atoms with Crippen LogP contribution in [0.5, 0.6) is 5.88 Å². The molecule has 0 saturated heterocycles. The smallest absolute Gasteiger partial charge is 0.333 e. The molecule has 2 heterocycles. The molecule has 1 aliphatic rings. The zero-order valence-corrected chi connectivity index (χ0v) is 14.3. The highest BCUT2D eigenvalue weighted by atomic mass is 16.6. The van der Waals surface area contributed by atoms with Crippen LogP contribution in [0.25, 0.3) is 0 Å². The third-order valence-corrected chi connectivity index (χ3v) is 4.90. The third-order valence-electron chi connectivity index (χ3n) is 4.90. The minimum Gasteiger partial charge on any atom is -0.407 e. The van der Waals surface area contributed by atoms with Crippen molar-refractivity contribution in [3.63, 3.8) is 0 Å². The van der Waals surface area contributed by atoms with Gasteiger partial charge in [-0.25, -0.2) is 9.59 Å². The van der Waals surface area contributed by atoms with E-state index in [1.165, 1.54) is 18.7 Å². The first-order chi connectivity index (χ1) is 12.5. The molecule has 1 aliphatic heterocycles. The highest BCUT2D eigenvalue weighted by molar-refractivity contribution is 5.97. The molecule has 130 valence electrons. The quantitative estimate of drug-likeness (QED) is 0.655. The molecule has 1 aromatic heterocycles. The summed E-state index contributed by atoms with van der Waals surface area (Å²) in [6, 6.07) is 18.0. The zero-order valence-electron chi connectivity index (χ0n) is 14.3. The number of esters is 1. The van der Waals surface area contributed by atoms with E-state index in [0.29, 0.717) is 11.1 Å². The maximum atomic E-state index is 13.2. The molecule has 0 atom stereocenters. The van der Waals surface area contributed by atoms with Gasteiger partial charge in [0.25, 0.3) is 5.56 Å². The van der Waals surface area contributed by atoms with Gasteiger partial charge in [-0.15, -0.1) is 0 Å². The fourth-order valence-corrected chi connectivity index (χ4v) is 3.60. The fraction of sp³-hybridized carbons (Fsp3) is 0.150. The van der Waals surface area contributed by atoms with Crippen LogP contribution in [0.2, 0.25) is 0 Å². The molecule has 4 rings (SSSR count). The van der Waals surface area contributed by atoms with Gasteiger partial charge in [0, 0.05) is 14.1 Å². The van der Waals surface area contributed by atoms with Crippen molar-refractivity contribution in [2.45, 2.75) is 5.41 Å². The molecule has 0 unspecified atom stereocenters. The Kier molecular flexibility index (Phi) is 3.44. The van der Waals surface area contributed by atoms with Gasteiger partial charge < -0.3 is 4.74 Å². The zero-order chi connectivity index (χ0) is 18.5. The second kappa shape index (κ2) is 5.56. The second-order valence-electron chi connectivity index (χ2n) is 6.26. The molecule has 6 nitrogen and oxygen atoms in total. The van der Waals surface area contributed by atoms with Crippen LogP contribution in [-0.2, 0) is 24.3 Å². The number of benzene rings is 2. The Hall–Kier alpha value is -3.41. The number of ether oxygens (including phenoxy) is 1. The Morgan fingerprint density at radius 1 is 0.769 bits per heavy atom. The molecular formula is C20H16N2O4. The molecule has 26 heavy (non-hydrogen) atoms. The molecule has 0 fully saturated rings. The molecule has 0 aliphatic carbocycles. The Labute approximate surface area is 148 Å². The van der Waals surface area contributed by atoms with Crippen molar-refractivity contribution in [1.82, 2.24) is 9.13 Å². The maximum Gasteiger partial charge on any atom is 0.333 e. The van der Waals surface area contributed by atoms with Crippen LogP contribution in [-0.4, -0.2) is 15.1 Å². The highest BCUT2D eigenvalue weighted by Crippen LogP contribution is 2.46. The van der Waals surface area contributed by atoms with E-state index in [0.717, 1.165) is 4.57 Å². The lowest BCUT2D eigenvalue weighted by Crippen LogP contribution is -2.44. The van der Waals surface area contributed by atoms with Crippen LogP contribution in [0, 0.1) is 0 Å². The Morgan fingerprint density at radius 2 is 1.27 bits per heavy atom. The number of rotatable bonds is 2. The summed E-state index contributed by atoms with van der Waals surface area (Å²) in [5.74, 6) is -0.598. The lowest BCUT2D eigenvalue weighted by molar-refractivity contribution is -0.135. The molecule has 0 radical (unpaired) electrons. The van der Waals surface area contributed by atoms with Crippen molar-refractivity contribution in [3.05, 3.63) is 98.2 Å². The number of carbonyl (C=O) groups is 1. The first-order valence-corrected chi connectivity index (χ1v) is 8.13. The van der Waals surface area contributed by atoms with Gasteiger partial charge in [-0.1, -0.05) is 60.7 Å². The number of fused-ring (bicyclic) bond motifs is 1. The largest absolute Gasteiger partial charge is 0.407 e. The molecular weight excluding hydrogens is 332 g/mol. The van der Waals surface area contributed by atoms with Gasteiger partial charge in [0.1, 0.15) is 5.56 Å². The van der Waals surface area contributed by atoms with E-state index in [4.69, 9.17) is 4.74 Å². The molecule has 0 N–H and O–H groups in total. The molecule has 0 amide bonds. The van der Waals surface area contributed by atoms with Crippen LogP contribution in [0.3, 0.4) is 0 Å². The molecule has 2 aromatic carbocycles. The highest BCUT2D eigenvalue weighted by Gasteiger charge is 2.55. The number of hydrogen-bond donors (Lipinski definition) is 0. The summed E-state index contributed by atoms with van der Waals surface area (Å²) >= 11 is 0. The van der Waals surface area contributed by atoms with Gasteiger partial charge in [0.15, 0.2) is 5.41 Å². The topological polar surface area (TPSA) is 70.3 Å². The minimum absolute atomic E-state index is 0.00388. The summed E-state index contributed by atoms with van der Waals surface area (Å²) in [4.78, 5) is 38.5. The Morgan fingerprint density at radius 3 is 1.77 bits per heavy atom. The first-order valence-electron chi connectivity index (χ1n) is 8.13. The van der Waals surface area contributed by atoms with Crippen LogP contribution in [0.4, 0.5) is 0 Å².